The maximum absolute atomic E-state index is 14.1. The molecular formula is C32H37ClFN3O6S. The smallest absolute Gasteiger partial charge is 0.264 e. The van der Waals surface area contributed by atoms with Gasteiger partial charge in [-0.1, -0.05) is 49.1 Å². The molecule has 1 saturated carbocycles. The average Bonchev–Trinajstić information content (AvgIpc) is 3.03. The molecule has 0 heterocycles. The molecule has 0 radical (unpaired) electrons. The molecule has 0 bridgehead atoms. The molecule has 3 aromatic rings. The van der Waals surface area contributed by atoms with Crippen molar-refractivity contribution >= 4 is 39.1 Å². The Morgan fingerprint density at radius 3 is 2.27 bits per heavy atom. The van der Waals surface area contributed by atoms with E-state index < -0.39 is 34.3 Å². The number of hydrogen-bond donors (Lipinski definition) is 1. The van der Waals surface area contributed by atoms with Crippen molar-refractivity contribution in [3.63, 3.8) is 0 Å². The van der Waals surface area contributed by atoms with Crippen molar-refractivity contribution in [3.05, 3.63) is 83.1 Å². The van der Waals surface area contributed by atoms with Crippen LogP contribution in [0.2, 0.25) is 5.02 Å². The lowest BCUT2D eigenvalue weighted by Gasteiger charge is -2.33. The Balaban J connectivity index is 1.71. The van der Waals surface area contributed by atoms with E-state index in [0.29, 0.717) is 16.3 Å². The van der Waals surface area contributed by atoms with E-state index in [0.717, 1.165) is 48.5 Å². The van der Waals surface area contributed by atoms with Crippen LogP contribution in [0.3, 0.4) is 0 Å². The Morgan fingerprint density at radius 2 is 1.64 bits per heavy atom. The van der Waals surface area contributed by atoms with Crippen LogP contribution in [-0.2, 0) is 26.2 Å². The van der Waals surface area contributed by atoms with Crippen molar-refractivity contribution in [2.24, 2.45) is 0 Å². The van der Waals surface area contributed by atoms with Crippen molar-refractivity contribution in [1.82, 2.24) is 10.2 Å². The third-order valence-electron chi connectivity index (χ3n) is 7.75. The minimum absolute atomic E-state index is 0.0112. The van der Waals surface area contributed by atoms with E-state index in [-0.39, 0.29) is 34.8 Å². The number of carbonyl (C=O) groups is 2. The van der Waals surface area contributed by atoms with Gasteiger partial charge in [0.1, 0.15) is 18.4 Å². The fourth-order valence-electron chi connectivity index (χ4n) is 5.20. The minimum atomic E-state index is -4.40. The average molecular weight is 646 g/mol. The van der Waals surface area contributed by atoms with Crippen molar-refractivity contribution in [2.75, 3.05) is 25.1 Å². The normalized spacial score (nSPS) is 14.4. The number of nitrogens with zero attached hydrogens (tertiary/aromatic N) is 2. The van der Waals surface area contributed by atoms with Gasteiger partial charge in [0.15, 0.2) is 11.5 Å². The summed E-state index contributed by atoms with van der Waals surface area (Å²) in [6, 6.07) is 14.8. The zero-order chi connectivity index (χ0) is 31.9. The second-order valence-electron chi connectivity index (χ2n) is 10.6. The molecule has 9 nitrogen and oxygen atoms in total. The Hall–Kier alpha value is -3.83. The van der Waals surface area contributed by atoms with Crippen molar-refractivity contribution < 1.29 is 31.9 Å². The molecule has 0 spiro atoms. The first kappa shape index (κ1) is 33.1. The number of rotatable bonds is 12. The molecule has 0 saturated heterocycles. The Bertz CT molecular complexity index is 1560. The number of ether oxygens (including phenoxy) is 2. The third kappa shape index (κ3) is 7.81. The Kier molecular flexibility index (Phi) is 11.1. The highest BCUT2D eigenvalue weighted by Crippen LogP contribution is 2.32. The molecule has 1 atom stereocenters. The highest BCUT2D eigenvalue weighted by atomic mass is 35.5. The molecule has 4 rings (SSSR count). The molecule has 1 aliphatic carbocycles. The molecule has 1 fully saturated rings. The van der Waals surface area contributed by atoms with E-state index in [9.17, 15) is 22.4 Å². The van der Waals surface area contributed by atoms with E-state index >= 15 is 0 Å². The first-order valence-electron chi connectivity index (χ1n) is 14.4. The fourth-order valence-corrected chi connectivity index (χ4v) is 6.83. The van der Waals surface area contributed by atoms with Crippen molar-refractivity contribution in [3.8, 4) is 11.5 Å². The molecule has 44 heavy (non-hydrogen) atoms. The van der Waals surface area contributed by atoms with E-state index in [2.05, 4.69) is 5.32 Å². The van der Waals surface area contributed by atoms with Gasteiger partial charge in [0.25, 0.3) is 10.0 Å². The molecule has 12 heteroatoms. The van der Waals surface area contributed by atoms with E-state index in [1.54, 1.807) is 31.2 Å². The van der Waals surface area contributed by atoms with Crippen molar-refractivity contribution in [2.45, 2.75) is 62.6 Å². The van der Waals surface area contributed by atoms with Crippen LogP contribution in [0.5, 0.6) is 11.5 Å². The molecule has 0 aromatic heterocycles. The summed E-state index contributed by atoms with van der Waals surface area (Å²) in [5.41, 5.74) is 0.655. The summed E-state index contributed by atoms with van der Waals surface area (Å²) >= 11 is 6.43. The number of amides is 2. The highest BCUT2D eigenvalue weighted by molar-refractivity contribution is 7.92. The lowest BCUT2D eigenvalue weighted by molar-refractivity contribution is -0.139. The molecular weight excluding hydrogens is 609 g/mol. The number of nitrogens with one attached hydrogen (secondary N) is 1. The van der Waals surface area contributed by atoms with E-state index in [1.807, 2.05) is 0 Å². The third-order valence-corrected chi connectivity index (χ3v) is 9.89. The topological polar surface area (TPSA) is 105 Å². The van der Waals surface area contributed by atoms with Crippen LogP contribution in [0.25, 0.3) is 0 Å². The zero-order valence-electron chi connectivity index (χ0n) is 25.0. The van der Waals surface area contributed by atoms with Crippen LogP contribution in [0.4, 0.5) is 10.1 Å². The first-order valence-corrected chi connectivity index (χ1v) is 16.2. The van der Waals surface area contributed by atoms with Gasteiger partial charge in [0.2, 0.25) is 11.8 Å². The second-order valence-corrected chi connectivity index (χ2v) is 12.9. The molecule has 2 amide bonds. The van der Waals surface area contributed by atoms with Gasteiger partial charge in [-0.15, -0.1) is 0 Å². The second kappa shape index (κ2) is 14.8. The minimum Gasteiger partial charge on any atom is -0.493 e. The van der Waals surface area contributed by atoms with Crippen LogP contribution in [0.1, 0.15) is 44.6 Å². The van der Waals surface area contributed by atoms with Gasteiger partial charge in [-0.05, 0) is 67.8 Å². The van der Waals surface area contributed by atoms with Gasteiger partial charge in [0.05, 0.1) is 24.8 Å². The van der Waals surface area contributed by atoms with Gasteiger partial charge in [-0.25, -0.2) is 12.8 Å². The van der Waals surface area contributed by atoms with Gasteiger partial charge in [-0.3, -0.25) is 13.9 Å². The van der Waals surface area contributed by atoms with E-state index in [4.69, 9.17) is 21.1 Å². The molecule has 0 aliphatic heterocycles. The fraction of sp³-hybridized carbons (Fsp3) is 0.375. The lowest BCUT2D eigenvalue weighted by Crippen LogP contribution is -2.53. The summed E-state index contributed by atoms with van der Waals surface area (Å²) < 4.78 is 53.5. The number of methoxy groups -OCH3 is 2. The maximum Gasteiger partial charge on any atom is 0.264 e. The first-order chi connectivity index (χ1) is 21.0. The van der Waals surface area contributed by atoms with Gasteiger partial charge in [-0.2, -0.15) is 0 Å². The SMILES string of the molecule is COc1ccc(S(=O)(=O)N(CC(=O)N(Cc2ccccc2Cl)[C@@H](C)C(=O)NC2CCCCC2)c2ccc(F)cc2)cc1OC. The molecule has 3 aromatic carbocycles. The highest BCUT2D eigenvalue weighted by Gasteiger charge is 2.34. The molecule has 0 unspecified atom stereocenters. The largest absolute Gasteiger partial charge is 0.493 e. The van der Waals surface area contributed by atoms with Crippen molar-refractivity contribution in [1.29, 1.82) is 0 Å². The number of benzene rings is 3. The van der Waals surface area contributed by atoms with Crippen LogP contribution < -0.4 is 19.1 Å². The standard InChI is InChI=1S/C32H37ClFN3O6S/c1-22(32(39)35-25-10-5-4-6-11-25)36(20-23-9-7-8-12-28(23)33)31(38)21-37(26-15-13-24(34)14-16-26)44(40,41)27-17-18-29(42-2)30(19-27)43-3/h7-9,12-19,22,25H,4-6,10-11,20-21H2,1-3H3,(H,35,39)/t22-/m0/s1. The summed E-state index contributed by atoms with van der Waals surface area (Å²) in [5, 5.41) is 3.46. The number of anilines is 1. The van der Waals surface area contributed by atoms with E-state index in [1.165, 1.54) is 49.5 Å². The number of sulfonamides is 1. The summed E-state index contributed by atoms with van der Waals surface area (Å²) in [5.74, 6) is -1.07. The number of hydrogen-bond acceptors (Lipinski definition) is 6. The molecule has 236 valence electrons. The Morgan fingerprint density at radius 1 is 0.977 bits per heavy atom. The monoisotopic (exact) mass is 645 g/mol. The Labute approximate surface area is 262 Å². The quantitative estimate of drug-likeness (QED) is 0.277. The van der Waals surface area contributed by atoms with Gasteiger partial charge in [0, 0.05) is 23.7 Å². The summed E-state index contributed by atoms with van der Waals surface area (Å²) in [6.45, 7) is 0.900. The molecule has 1 aliphatic rings. The van der Waals surface area contributed by atoms with Gasteiger partial charge < -0.3 is 19.7 Å². The van der Waals surface area contributed by atoms with Crippen LogP contribution in [0, 0.1) is 5.82 Å². The predicted molar refractivity (Wildman–Crippen MR) is 167 cm³/mol. The number of halogens is 2. The number of carbonyl (C=O) groups excluding carboxylic acids is 2. The summed E-state index contributed by atoms with van der Waals surface area (Å²) in [6.07, 6.45) is 4.87. The van der Waals surface area contributed by atoms with Crippen LogP contribution in [-0.4, -0.2) is 58.0 Å². The van der Waals surface area contributed by atoms with Crippen LogP contribution >= 0.6 is 11.6 Å². The predicted octanol–water partition coefficient (Wildman–Crippen LogP) is 5.56. The zero-order valence-corrected chi connectivity index (χ0v) is 26.5. The summed E-state index contributed by atoms with van der Waals surface area (Å²) in [4.78, 5) is 28.7. The maximum atomic E-state index is 14.1. The van der Waals surface area contributed by atoms with Gasteiger partial charge >= 0.3 is 0 Å². The lowest BCUT2D eigenvalue weighted by atomic mass is 9.95. The summed E-state index contributed by atoms with van der Waals surface area (Å²) in [7, 11) is -1.60. The molecule has 1 N–H and O–H groups in total. The van der Waals surface area contributed by atoms with Crippen LogP contribution in [0.15, 0.2) is 71.6 Å².